The van der Waals surface area contributed by atoms with E-state index in [1.165, 1.54) is 0 Å². The highest BCUT2D eigenvalue weighted by molar-refractivity contribution is 5.89. The van der Waals surface area contributed by atoms with Crippen molar-refractivity contribution in [3.05, 3.63) is 0 Å². The second-order valence-electron chi connectivity index (χ2n) is 4.40. The van der Waals surface area contributed by atoms with Gasteiger partial charge in [0.05, 0.1) is 5.92 Å². The molecular formula is C10H19N3O3. The Bertz CT molecular complexity index is 268. The number of hydrogen-bond acceptors (Lipinski definition) is 4. The fourth-order valence-electron chi connectivity index (χ4n) is 1.62. The van der Waals surface area contributed by atoms with Crippen molar-refractivity contribution in [1.82, 2.24) is 10.8 Å². The molecule has 0 spiro atoms. The van der Waals surface area contributed by atoms with Crippen molar-refractivity contribution in [3.63, 3.8) is 0 Å². The summed E-state index contributed by atoms with van der Waals surface area (Å²) in [5.41, 5.74) is 7.73. The van der Waals surface area contributed by atoms with Gasteiger partial charge in [0.1, 0.15) is 12.6 Å². The maximum Gasteiger partial charge on any atom is 0.268 e. The summed E-state index contributed by atoms with van der Waals surface area (Å²) in [7, 11) is 0. The first kappa shape index (κ1) is 12.9. The topological polar surface area (TPSA) is 93.5 Å². The summed E-state index contributed by atoms with van der Waals surface area (Å²) < 4.78 is 0. The molecule has 2 amide bonds. The zero-order valence-electron chi connectivity index (χ0n) is 9.66. The highest BCUT2D eigenvalue weighted by Gasteiger charge is 2.29. The molecule has 0 aromatic heterocycles. The van der Waals surface area contributed by atoms with Gasteiger partial charge in [-0.3, -0.25) is 14.4 Å². The van der Waals surface area contributed by atoms with E-state index in [9.17, 15) is 9.59 Å². The van der Waals surface area contributed by atoms with E-state index in [4.69, 9.17) is 10.6 Å². The zero-order chi connectivity index (χ0) is 12.1. The van der Waals surface area contributed by atoms with Gasteiger partial charge in [-0.05, 0) is 12.3 Å². The third kappa shape index (κ3) is 3.46. The standard InChI is InChI=1S/C10H19N3O3/c1-6(2)3-7(4-11)9(14)12-8-5-16-13-10(8)15/h6-8H,3-5,11H2,1-2H3,(H,12,14)(H,13,15)/t7?,8-/m1/s1. The summed E-state index contributed by atoms with van der Waals surface area (Å²) in [6.07, 6.45) is 0.720. The van der Waals surface area contributed by atoms with Crippen LogP contribution < -0.4 is 16.5 Å². The molecule has 1 fully saturated rings. The van der Waals surface area contributed by atoms with Gasteiger partial charge in [-0.1, -0.05) is 13.8 Å². The minimum absolute atomic E-state index is 0.170. The highest BCUT2D eigenvalue weighted by atomic mass is 16.7. The second kappa shape index (κ2) is 5.81. The van der Waals surface area contributed by atoms with Crippen molar-refractivity contribution >= 4 is 11.8 Å². The van der Waals surface area contributed by atoms with Crippen LogP contribution in [0.3, 0.4) is 0 Å². The van der Waals surface area contributed by atoms with Crippen LogP contribution in [0.5, 0.6) is 0 Å². The summed E-state index contributed by atoms with van der Waals surface area (Å²) in [6, 6.07) is -0.589. The van der Waals surface area contributed by atoms with E-state index in [0.29, 0.717) is 12.5 Å². The van der Waals surface area contributed by atoms with Gasteiger partial charge in [0, 0.05) is 6.54 Å². The molecule has 1 aliphatic rings. The third-order valence-corrected chi connectivity index (χ3v) is 2.47. The van der Waals surface area contributed by atoms with E-state index in [2.05, 4.69) is 10.8 Å². The molecule has 16 heavy (non-hydrogen) atoms. The van der Waals surface area contributed by atoms with Crippen molar-refractivity contribution < 1.29 is 14.4 Å². The maximum atomic E-state index is 11.8. The van der Waals surface area contributed by atoms with Crippen LogP contribution in [0.2, 0.25) is 0 Å². The average molecular weight is 229 g/mol. The Hall–Kier alpha value is -1.14. The first-order valence-electron chi connectivity index (χ1n) is 5.46. The SMILES string of the molecule is CC(C)CC(CN)C(=O)N[C@@H]1CONC1=O. The van der Waals surface area contributed by atoms with Crippen molar-refractivity contribution in [1.29, 1.82) is 0 Å². The lowest BCUT2D eigenvalue weighted by atomic mass is 9.96. The molecule has 6 nitrogen and oxygen atoms in total. The van der Waals surface area contributed by atoms with Gasteiger partial charge in [-0.25, -0.2) is 5.48 Å². The van der Waals surface area contributed by atoms with E-state index in [1.54, 1.807) is 0 Å². The van der Waals surface area contributed by atoms with Crippen LogP contribution in [0.4, 0.5) is 0 Å². The molecule has 0 aliphatic carbocycles. The number of amides is 2. The van der Waals surface area contributed by atoms with Crippen LogP contribution >= 0.6 is 0 Å². The smallest absolute Gasteiger partial charge is 0.268 e. The third-order valence-electron chi connectivity index (χ3n) is 2.47. The molecular weight excluding hydrogens is 210 g/mol. The Morgan fingerprint density at radius 3 is 2.81 bits per heavy atom. The molecule has 4 N–H and O–H groups in total. The van der Waals surface area contributed by atoms with Crippen LogP contribution in [-0.2, 0) is 14.4 Å². The first-order chi connectivity index (χ1) is 7.54. The average Bonchev–Trinajstić information content (AvgIpc) is 2.60. The molecule has 0 aromatic carbocycles. The largest absolute Gasteiger partial charge is 0.342 e. The normalized spacial score (nSPS) is 22.0. The predicted octanol–water partition coefficient (Wildman–Crippen LogP) is -0.846. The second-order valence-corrected chi connectivity index (χ2v) is 4.40. The summed E-state index contributed by atoms with van der Waals surface area (Å²) in [4.78, 5) is 27.7. The molecule has 1 unspecified atom stereocenters. The van der Waals surface area contributed by atoms with Gasteiger partial charge in [0.2, 0.25) is 5.91 Å². The van der Waals surface area contributed by atoms with Crippen LogP contribution in [0, 0.1) is 11.8 Å². The maximum absolute atomic E-state index is 11.8. The molecule has 0 bridgehead atoms. The Labute approximate surface area is 94.8 Å². The number of rotatable bonds is 5. The minimum atomic E-state index is -0.589. The van der Waals surface area contributed by atoms with E-state index in [0.717, 1.165) is 6.42 Å². The van der Waals surface area contributed by atoms with Gasteiger partial charge >= 0.3 is 0 Å². The fraction of sp³-hybridized carbons (Fsp3) is 0.800. The molecule has 0 radical (unpaired) electrons. The molecule has 0 aromatic rings. The van der Waals surface area contributed by atoms with E-state index < -0.39 is 6.04 Å². The monoisotopic (exact) mass is 229 g/mol. The molecule has 1 aliphatic heterocycles. The molecule has 6 heteroatoms. The quantitative estimate of drug-likeness (QED) is 0.572. The highest BCUT2D eigenvalue weighted by Crippen LogP contribution is 2.11. The van der Waals surface area contributed by atoms with Gasteiger partial charge in [-0.2, -0.15) is 0 Å². The Morgan fingerprint density at radius 2 is 2.38 bits per heavy atom. The fourth-order valence-corrected chi connectivity index (χ4v) is 1.62. The Kier molecular flexibility index (Phi) is 4.70. The first-order valence-corrected chi connectivity index (χ1v) is 5.46. The number of hydrogen-bond donors (Lipinski definition) is 3. The van der Waals surface area contributed by atoms with E-state index in [1.807, 2.05) is 13.8 Å². The Balaban J connectivity index is 2.45. The van der Waals surface area contributed by atoms with Crippen molar-refractivity contribution in [2.75, 3.05) is 13.2 Å². The molecule has 92 valence electrons. The lowest BCUT2D eigenvalue weighted by molar-refractivity contribution is -0.130. The van der Waals surface area contributed by atoms with Gasteiger partial charge in [-0.15, -0.1) is 0 Å². The lowest BCUT2D eigenvalue weighted by Gasteiger charge is -2.18. The van der Waals surface area contributed by atoms with Crippen LogP contribution in [0.15, 0.2) is 0 Å². The zero-order valence-corrected chi connectivity index (χ0v) is 9.66. The summed E-state index contributed by atoms with van der Waals surface area (Å²) in [5, 5.41) is 2.63. The minimum Gasteiger partial charge on any atom is -0.342 e. The predicted molar refractivity (Wildman–Crippen MR) is 58.0 cm³/mol. The van der Waals surface area contributed by atoms with Gasteiger partial charge in [0.15, 0.2) is 0 Å². The van der Waals surface area contributed by atoms with Crippen LogP contribution in [0.1, 0.15) is 20.3 Å². The molecule has 1 heterocycles. The number of nitrogens with two attached hydrogens (primary N) is 1. The number of carbonyl (C=O) groups excluding carboxylic acids is 2. The molecule has 2 atom stereocenters. The van der Waals surface area contributed by atoms with E-state index >= 15 is 0 Å². The summed E-state index contributed by atoms with van der Waals surface area (Å²) in [6.45, 7) is 4.52. The molecule has 1 saturated heterocycles. The van der Waals surface area contributed by atoms with Gasteiger partial charge in [0.25, 0.3) is 5.91 Å². The van der Waals surface area contributed by atoms with Crippen LogP contribution in [-0.4, -0.2) is 31.0 Å². The molecule has 0 saturated carbocycles. The number of nitrogens with one attached hydrogen (secondary N) is 2. The van der Waals surface area contributed by atoms with Crippen molar-refractivity contribution in [2.24, 2.45) is 17.6 Å². The van der Waals surface area contributed by atoms with E-state index in [-0.39, 0.29) is 24.3 Å². The number of carbonyl (C=O) groups is 2. The summed E-state index contributed by atoms with van der Waals surface area (Å²) >= 11 is 0. The Morgan fingerprint density at radius 1 is 1.69 bits per heavy atom. The summed E-state index contributed by atoms with van der Waals surface area (Å²) in [5.74, 6) is -0.336. The van der Waals surface area contributed by atoms with Gasteiger partial charge < -0.3 is 11.1 Å². The number of hydroxylamine groups is 1. The van der Waals surface area contributed by atoms with Crippen LogP contribution in [0.25, 0.3) is 0 Å². The molecule has 1 rings (SSSR count). The lowest BCUT2D eigenvalue weighted by Crippen LogP contribution is -2.46. The van der Waals surface area contributed by atoms with Crippen molar-refractivity contribution in [2.45, 2.75) is 26.3 Å². The van der Waals surface area contributed by atoms with Crippen molar-refractivity contribution in [3.8, 4) is 0 Å².